The summed E-state index contributed by atoms with van der Waals surface area (Å²) in [6.45, 7) is 3.89. The van der Waals surface area contributed by atoms with Crippen LogP contribution < -0.4 is 10.2 Å². The van der Waals surface area contributed by atoms with Crippen LogP contribution in [0.3, 0.4) is 0 Å². The number of piperazine rings is 1. The van der Waals surface area contributed by atoms with Gasteiger partial charge in [-0.25, -0.2) is 9.97 Å². The third kappa shape index (κ3) is 1.86. The summed E-state index contributed by atoms with van der Waals surface area (Å²) in [5, 5.41) is 13.9. The maximum atomic E-state index is 4.50. The van der Waals surface area contributed by atoms with Crippen molar-refractivity contribution < 1.29 is 0 Å². The standard InChI is InChI=1S/C13H14N6S/c1-2-9(20-7-1)11-10-12(18-17-11)15-8-16-13(10)19-5-3-14-4-6-19/h1-2,7-8,14H,3-6H2,(H,15,16,17,18). The van der Waals surface area contributed by atoms with Crippen LogP contribution in [-0.2, 0) is 0 Å². The first-order valence-electron chi connectivity index (χ1n) is 6.62. The van der Waals surface area contributed by atoms with Gasteiger partial charge in [0.05, 0.1) is 16.0 Å². The molecule has 102 valence electrons. The van der Waals surface area contributed by atoms with Gasteiger partial charge in [-0.2, -0.15) is 5.10 Å². The number of hydrogen-bond acceptors (Lipinski definition) is 6. The highest BCUT2D eigenvalue weighted by atomic mass is 32.1. The Bertz CT molecular complexity index is 714. The second-order valence-corrected chi connectivity index (χ2v) is 5.66. The number of anilines is 1. The molecule has 3 aromatic rings. The Balaban J connectivity index is 1.89. The monoisotopic (exact) mass is 286 g/mol. The molecule has 0 unspecified atom stereocenters. The lowest BCUT2D eigenvalue weighted by atomic mass is 10.2. The maximum absolute atomic E-state index is 4.50. The SMILES string of the molecule is c1csc(-c2[nH]nc3ncnc(N4CCNCC4)c23)c1. The van der Waals surface area contributed by atoms with Crippen LogP contribution in [0.2, 0.25) is 0 Å². The van der Waals surface area contributed by atoms with Crippen molar-refractivity contribution in [2.24, 2.45) is 0 Å². The van der Waals surface area contributed by atoms with Crippen LogP contribution in [0, 0.1) is 0 Å². The van der Waals surface area contributed by atoms with E-state index in [-0.39, 0.29) is 0 Å². The van der Waals surface area contributed by atoms with Crippen molar-refractivity contribution in [3.05, 3.63) is 23.8 Å². The Morgan fingerprint density at radius 1 is 1.20 bits per heavy atom. The van der Waals surface area contributed by atoms with Crippen molar-refractivity contribution in [2.45, 2.75) is 0 Å². The van der Waals surface area contributed by atoms with Gasteiger partial charge in [-0.15, -0.1) is 11.3 Å². The minimum absolute atomic E-state index is 0.733. The van der Waals surface area contributed by atoms with Crippen molar-refractivity contribution in [3.63, 3.8) is 0 Å². The van der Waals surface area contributed by atoms with Crippen LogP contribution in [0.15, 0.2) is 23.8 Å². The summed E-state index contributed by atoms with van der Waals surface area (Å²) in [6, 6.07) is 4.13. The van der Waals surface area contributed by atoms with Gasteiger partial charge in [-0.1, -0.05) is 6.07 Å². The van der Waals surface area contributed by atoms with Crippen LogP contribution in [0.5, 0.6) is 0 Å². The number of nitrogens with one attached hydrogen (secondary N) is 2. The zero-order valence-electron chi connectivity index (χ0n) is 10.8. The van der Waals surface area contributed by atoms with Crippen molar-refractivity contribution in [2.75, 3.05) is 31.1 Å². The van der Waals surface area contributed by atoms with E-state index in [4.69, 9.17) is 0 Å². The topological polar surface area (TPSA) is 69.7 Å². The Kier molecular flexibility index (Phi) is 2.86. The first-order valence-corrected chi connectivity index (χ1v) is 7.50. The number of rotatable bonds is 2. The number of aromatic nitrogens is 4. The molecule has 4 heterocycles. The molecule has 1 aliphatic rings. The van der Waals surface area contributed by atoms with Crippen LogP contribution in [0.25, 0.3) is 21.6 Å². The molecule has 0 spiro atoms. The fraction of sp³-hybridized carbons (Fsp3) is 0.308. The van der Waals surface area contributed by atoms with Crippen LogP contribution in [0.1, 0.15) is 0 Å². The molecule has 1 aliphatic heterocycles. The predicted molar refractivity (Wildman–Crippen MR) is 80.1 cm³/mol. The molecule has 0 aromatic carbocycles. The number of nitrogens with zero attached hydrogens (tertiary/aromatic N) is 4. The molecule has 4 rings (SSSR count). The van der Waals surface area contributed by atoms with E-state index in [0.29, 0.717) is 0 Å². The zero-order valence-corrected chi connectivity index (χ0v) is 11.7. The van der Waals surface area contributed by atoms with Crippen LogP contribution in [0.4, 0.5) is 5.82 Å². The minimum atomic E-state index is 0.733. The van der Waals surface area contributed by atoms with E-state index in [9.17, 15) is 0 Å². The number of fused-ring (bicyclic) bond motifs is 1. The van der Waals surface area contributed by atoms with Crippen molar-refractivity contribution >= 4 is 28.2 Å². The number of H-pyrrole nitrogens is 1. The predicted octanol–water partition coefficient (Wildman–Crippen LogP) is 1.49. The Labute approximate surface area is 119 Å². The molecule has 3 aromatic heterocycles. The first-order chi connectivity index (χ1) is 9.93. The summed E-state index contributed by atoms with van der Waals surface area (Å²) in [6.07, 6.45) is 1.60. The van der Waals surface area contributed by atoms with E-state index in [1.54, 1.807) is 17.7 Å². The Hall–Kier alpha value is -1.99. The van der Waals surface area contributed by atoms with Gasteiger partial charge in [-0.05, 0) is 11.4 Å². The average molecular weight is 286 g/mol. The van der Waals surface area contributed by atoms with Gasteiger partial charge in [0.15, 0.2) is 5.65 Å². The fourth-order valence-corrected chi connectivity index (χ4v) is 3.28. The number of thiophene rings is 1. The molecule has 2 N–H and O–H groups in total. The zero-order chi connectivity index (χ0) is 13.4. The van der Waals surface area contributed by atoms with Gasteiger partial charge < -0.3 is 10.2 Å². The lowest BCUT2D eigenvalue weighted by Gasteiger charge is -2.28. The lowest BCUT2D eigenvalue weighted by Crippen LogP contribution is -2.44. The third-order valence-corrected chi connectivity index (χ3v) is 4.40. The highest BCUT2D eigenvalue weighted by Crippen LogP contribution is 2.33. The molecule has 1 fully saturated rings. The van der Waals surface area contributed by atoms with Gasteiger partial charge in [0.25, 0.3) is 0 Å². The lowest BCUT2D eigenvalue weighted by molar-refractivity contribution is 0.586. The second-order valence-electron chi connectivity index (χ2n) is 4.71. The molecule has 7 heteroatoms. The van der Waals surface area contributed by atoms with E-state index in [2.05, 4.69) is 41.8 Å². The molecule has 0 radical (unpaired) electrons. The Morgan fingerprint density at radius 3 is 2.90 bits per heavy atom. The van der Waals surface area contributed by atoms with E-state index >= 15 is 0 Å². The molecule has 0 bridgehead atoms. The van der Waals surface area contributed by atoms with Crippen molar-refractivity contribution in [3.8, 4) is 10.6 Å². The van der Waals surface area contributed by atoms with E-state index in [1.165, 1.54) is 4.88 Å². The fourth-order valence-electron chi connectivity index (χ4n) is 2.56. The van der Waals surface area contributed by atoms with Crippen LogP contribution >= 0.6 is 11.3 Å². The summed E-state index contributed by atoms with van der Waals surface area (Å²) in [5.41, 5.74) is 1.75. The van der Waals surface area contributed by atoms with Gasteiger partial charge in [0.1, 0.15) is 12.1 Å². The molecule has 0 atom stereocenters. The summed E-state index contributed by atoms with van der Waals surface area (Å²) < 4.78 is 0. The summed E-state index contributed by atoms with van der Waals surface area (Å²) in [7, 11) is 0. The van der Waals surface area contributed by atoms with Gasteiger partial charge in [0.2, 0.25) is 0 Å². The van der Waals surface area contributed by atoms with Gasteiger partial charge in [0, 0.05) is 26.2 Å². The quantitative estimate of drug-likeness (QED) is 0.747. The molecule has 0 amide bonds. The van der Waals surface area contributed by atoms with E-state index in [0.717, 1.165) is 48.7 Å². The molecular formula is C13H14N6S. The van der Waals surface area contributed by atoms with Gasteiger partial charge in [-0.3, -0.25) is 5.10 Å². The molecular weight excluding hydrogens is 272 g/mol. The minimum Gasteiger partial charge on any atom is -0.353 e. The normalized spacial score (nSPS) is 15.9. The van der Waals surface area contributed by atoms with Crippen molar-refractivity contribution in [1.29, 1.82) is 0 Å². The molecule has 0 saturated carbocycles. The third-order valence-electron chi connectivity index (χ3n) is 3.51. The van der Waals surface area contributed by atoms with Crippen molar-refractivity contribution in [1.82, 2.24) is 25.5 Å². The van der Waals surface area contributed by atoms with Gasteiger partial charge >= 0.3 is 0 Å². The number of aromatic amines is 1. The smallest absolute Gasteiger partial charge is 0.186 e. The molecule has 1 saturated heterocycles. The largest absolute Gasteiger partial charge is 0.353 e. The molecule has 6 nitrogen and oxygen atoms in total. The van der Waals surface area contributed by atoms with Crippen LogP contribution in [-0.4, -0.2) is 46.3 Å². The number of hydrogen-bond donors (Lipinski definition) is 2. The summed E-state index contributed by atoms with van der Waals surface area (Å²) >= 11 is 1.69. The highest BCUT2D eigenvalue weighted by molar-refractivity contribution is 7.13. The maximum Gasteiger partial charge on any atom is 0.186 e. The summed E-state index contributed by atoms with van der Waals surface area (Å²) in [5.74, 6) is 0.980. The molecule has 20 heavy (non-hydrogen) atoms. The Morgan fingerprint density at radius 2 is 2.10 bits per heavy atom. The summed E-state index contributed by atoms with van der Waals surface area (Å²) in [4.78, 5) is 12.2. The highest BCUT2D eigenvalue weighted by Gasteiger charge is 2.20. The second kappa shape index (κ2) is 4.84. The first kappa shape index (κ1) is 11.8. The average Bonchev–Trinajstić information content (AvgIpc) is 3.16. The molecule has 0 aliphatic carbocycles. The van der Waals surface area contributed by atoms with E-state index < -0.39 is 0 Å². The van der Waals surface area contributed by atoms with E-state index in [1.807, 2.05) is 6.07 Å².